The summed E-state index contributed by atoms with van der Waals surface area (Å²) in [6.07, 6.45) is 15.4. The Morgan fingerprint density at radius 3 is 1.25 bits per heavy atom. The number of nitrogens with zero attached hydrogens (tertiary/aromatic N) is 9. The highest BCUT2D eigenvalue weighted by atomic mass is 32.2. The van der Waals surface area contributed by atoms with Crippen LogP contribution in [0.3, 0.4) is 0 Å². The highest BCUT2D eigenvalue weighted by Gasteiger charge is 2.33. The maximum atomic E-state index is 13.4. The van der Waals surface area contributed by atoms with E-state index in [1.165, 1.54) is 48.8 Å². The van der Waals surface area contributed by atoms with Gasteiger partial charge in [-0.2, -0.15) is 18.8 Å². The largest absolute Gasteiger partial charge is 0.444 e. The number of rotatable bonds is 12. The lowest BCUT2D eigenvalue weighted by molar-refractivity contribution is 0.0204. The lowest BCUT2D eigenvalue weighted by Crippen LogP contribution is -2.44. The molecule has 4 aliphatic rings. The van der Waals surface area contributed by atoms with Crippen LogP contribution in [0.5, 0.6) is 0 Å². The molecule has 3 saturated heterocycles. The summed E-state index contributed by atoms with van der Waals surface area (Å²) in [5.74, 6) is 1.10. The molecular weight excluding hydrogens is 1100 g/mol. The summed E-state index contributed by atoms with van der Waals surface area (Å²) in [4.78, 5) is 19.3. The van der Waals surface area contributed by atoms with Crippen LogP contribution in [0.1, 0.15) is 114 Å². The van der Waals surface area contributed by atoms with E-state index in [0.717, 1.165) is 88.4 Å². The molecule has 0 unspecified atom stereocenters. The van der Waals surface area contributed by atoms with Crippen molar-refractivity contribution < 1.29 is 26.4 Å². The Morgan fingerprint density at radius 2 is 0.871 bits per heavy atom. The molecule has 0 N–H and O–H groups in total. The average molecular weight is 1190 g/mol. The third-order valence-corrected chi connectivity index (χ3v) is 21.9. The lowest BCUT2D eigenvalue weighted by Gasteiger charge is -2.34. The van der Waals surface area contributed by atoms with Crippen LogP contribution in [-0.4, -0.2) is 151 Å². The molecule has 17 heteroatoms. The van der Waals surface area contributed by atoms with E-state index in [1.54, 1.807) is 32.9 Å². The first-order valence-corrected chi connectivity index (χ1v) is 33.4. The number of piperidine rings is 3. The van der Waals surface area contributed by atoms with Crippen LogP contribution in [0, 0.1) is 0 Å². The Kier molecular flexibility index (Phi) is 17.9. The van der Waals surface area contributed by atoms with Gasteiger partial charge in [0.25, 0.3) is 0 Å². The molecule has 4 fully saturated rings. The maximum Gasteiger partial charge on any atom is 0.410 e. The number of sulfonamides is 2. The minimum Gasteiger partial charge on any atom is -0.444 e. The monoisotopic (exact) mass is 1190 g/mol. The summed E-state index contributed by atoms with van der Waals surface area (Å²) >= 11 is 0. The molecule has 8 aromatic rings. The molecular formula is C68H83N9O6S2. The van der Waals surface area contributed by atoms with Crippen molar-refractivity contribution in [2.75, 3.05) is 67.5 Å². The van der Waals surface area contributed by atoms with Gasteiger partial charge >= 0.3 is 6.09 Å². The Bertz CT molecular complexity index is 3810. The number of carbonyl (C=O) groups excluding carboxylic acids is 1. The highest BCUT2D eigenvalue weighted by molar-refractivity contribution is 7.89. The number of ether oxygens (including phenoxy) is 1. The molecule has 0 atom stereocenters. The number of amides is 1. The molecule has 5 heterocycles. The highest BCUT2D eigenvalue weighted by Crippen LogP contribution is 2.37. The Hall–Kier alpha value is -6.73. The van der Waals surface area contributed by atoms with Gasteiger partial charge in [-0.1, -0.05) is 92.1 Å². The third kappa shape index (κ3) is 13.2. The zero-order chi connectivity index (χ0) is 59.6. The van der Waals surface area contributed by atoms with Crippen LogP contribution in [0.15, 0.2) is 156 Å². The van der Waals surface area contributed by atoms with Gasteiger partial charge in [0.15, 0.2) is 0 Å². The quantitative estimate of drug-likeness (QED) is 0.116. The first-order chi connectivity index (χ1) is 40.8. The molecule has 0 radical (unpaired) electrons. The molecule has 1 amide bonds. The molecule has 1 saturated carbocycles. The number of fused-ring (bicyclic) bond motifs is 2. The first-order valence-electron chi connectivity index (χ1n) is 30.5. The molecule has 6 aromatic carbocycles. The fourth-order valence-corrected chi connectivity index (χ4v) is 16.0. The SMILES string of the molecule is CN(C)C1CCN(S(=O)(=O)c2ccc(-n3ncc4c(-c5ccc(C6CCCCC6)cc5)cccc43)cc2)CC1.CN(C)C1CCN(S(=O)(=O)c2ccc(-n3ncc4c(-c5ccc(C6CCN(C(=O)OC(C)(C)C)CC6)cc5)cccc43)cc2)CC1. The first kappa shape index (κ1) is 60.0. The molecule has 0 bridgehead atoms. The molecule has 85 heavy (non-hydrogen) atoms. The number of benzene rings is 6. The van der Waals surface area contributed by atoms with E-state index in [4.69, 9.17) is 14.9 Å². The van der Waals surface area contributed by atoms with Gasteiger partial charge in [-0.3, -0.25) is 0 Å². The molecule has 0 spiro atoms. The third-order valence-electron chi connectivity index (χ3n) is 18.1. The topological polar surface area (TPSA) is 146 Å². The van der Waals surface area contributed by atoms with Gasteiger partial charge in [-0.05, 0) is 206 Å². The molecule has 15 nitrogen and oxygen atoms in total. The van der Waals surface area contributed by atoms with Crippen molar-refractivity contribution in [1.82, 2.24) is 42.9 Å². The molecule has 448 valence electrons. The summed E-state index contributed by atoms with van der Waals surface area (Å²) in [5.41, 5.74) is 10.4. The second-order valence-electron chi connectivity index (χ2n) is 25.1. The summed E-state index contributed by atoms with van der Waals surface area (Å²) in [7, 11) is 1.16. The van der Waals surface area contributed by atoms with Crippen LogP contribution < -0.4 is 0 Å². The minimum atomic E-state index is -3.55. The maximum absolute atomic E-state index is 13.4. The van der Waals surface area contributed by atoms with Crippen molar-refractivity contribution in [3.63, 3.8) is 0 Å². The molecule has 12 rings (SSSR count). The van der Waals surface area contributed by atoms with Gasteiger partial charge in [0, 0.05) is 62.1 Å². The smallest absolute Gasteiger partial charge is 0.410 e. The van der Waals surface area contributed by atoms with Crippen molar-refractivity contribution in [3.8, 4) is 33.6 Å². The summed E-state index contributed by atoms with van der Waals surface area (Å²) in [6, 6.07) is 45.4. The van der Waals surface area contributed by atoms with Crippen molar-refractivity contribution in [2.24, 2.45) is 0 Å². The Labute approximate surface area is 503 Å². The van der Waals surface area contributed by atoms with Gasteiger partial charge in [0.05, 0.1) is 44.6 Å². The molecule has 1 aliphatic carbocycles. The fraction of sp³-hybridized carbons (Fsp3) is 0.426. The summed E-state index contributed by atoms with van der Waals surface area (Å²) < 4.78 is 65.8. The van der Waals surface area contributed by atoms with E-state index >= 15 is 0 Å². The number of carbonyl (C=O) groups is 1. The van der Waals surface area contributed by atoms with Crippen LogP contribution in [0.25, 0.3) is 55.4 Å². The summed E-state index contributed by atoms with van der Waals surface area (Å²) in [6.45, 7) is 9.27. The molecule has 3 aliphatic heterocycles. The predicted octanol–water partition coefficient (Wildman–Crippen LogP) is 13.0. The van der Waals surface area contributed by atoms with Gasteiger partial charge in [-0.25, -0.2) is 31.0 Å². The molecule has 2 aromatic heterocycles. The van der Waals surface area contributed by atoms with Crippen LogP contribution in [-0.2, 0) is 24.8 Å². The predicted molar refractivity (Wildman–Crippen MR) is 340 cm³/mol. The fourth-order valence-electron chi connectivity index (χ4n) is 13.1. The van der Waals surface area contributed by atoms with E-state index < -0.39 is 25.6 Å². The minimum absolute atomic E-state index is 0.230. The van der Waals surface area contributed by atoms with Gasteiger partial charge in [-0.15, -0.1) is 0 Å². The number of hydrogen-bond acceptors (Lipinski definition) is 10. The van der Waals surface area contributed by atoms with Crippen molar-refractivity contribution >= 4 is 47.9 Å². The van der Waals surface area contributed by atoms with Crippen molar-refractivity contribution in [2.45, 2.75) is 131 Å². The van der Waals surface area contributed by atoms with Crippen molar-refractivity contribution in [1.29, 1.82) is 0 Å². The van der Waals surface area contributed by atoms with E-state index in [9.17, 15) is 21.6 Å². The zero-order valence-corrected chi connectivity index (χ0v) is 52.1. The number of aromatic nitrogens is 4. The Balaban J connectivity index is 0.000000179. The van der Waals surface area contributed by atoms with E-state index in [2.05, 4.69) is 96.7 Å². The average Bonchev–Trinajstić information content (AvgIpc) is 2.93. The van der Waals surface area contributed by atoms with E-state index in [-0.39, 0.29) is 6.09 Å². The van der Waals surface area contributed by atoms with Gasteiger partial charge < -0.3 is 19.4 Å². The van der Waals surface area contributed by atoms with Crippen LogP contribution in [0.4, 0.5) is 4.79 Å². The normalized spacial score (nSPS) is 17.9. The lowest BCUT2D eigenvalue weighted by atomic mass is 9.83. The number of hydrogen-bond donors (Lipinski definition) is 0. The zero-order valence-electron chi connectivity index (χ0n) is 50.5. The second-order valence-corrected chi connectivity index (χ2v) is 29.0. The van der Waals surface area contributed by atoms with E-state index in [1.807, 2.05) is 97.9 Å². The van der Waals surface area contributed by atoms with Crippen LogP contribution in [0.2, 0.25) is 0 Å². The second kappa shape index (κ2) is 25.3. The van der Waals surface area contributed by atoms with Gasteiger partial charge in [0.1, 0.15) is 5.60 Å². The van der Waals surface area contributed by atoms with E-state index in [0.29, 0.717) is 73.0 Å². The standard InChI is InChI=1S/C36H45N5O4S.C32H38N4O2S/c1-36(2,3)45-35(42)39-21-17-27(18-22-39)26-9-11-28(12-10-26)32-7-6-8-34-33(32)25-37-41(34)30-13-15-31(16-14-30)46(43,44)40-23-19-29(20-24-40)38(4)5;1-34(2)27-19-21-35(22-20-27)39(37,38)29-17-15-28(16-18-29)36-32-10-6-9-30(31(32)23-33-36)26-13-11-25(12-14-26)24-7-4-3-5-8-24/h6-16,25,27,29H,17-24H2,1-5H3;6,9-18,23-24,27H,3-5,7-8,19-22H2,1-2H3. The van der Waals surface area contributed by atoms with Crippen molar-refractivity contribution in [3.05, 3.63) is 157 Å². The van der Waals surface area contributed by atoms with Gasteiger partial charge in [0.2, 0.25) is 20.0 Å². The van der Waals surface area contributed by atoms with Crippen LogP contribution >= 0.6 is 0 Å². The number of likely N-dealkylation sites (tertiary alicyclic amines) is 1. The summed E-state index contributed by atoms with van der Waals surface area (Å²) in [5, 5.41) is 11.5. The Morgan fingerprint density at radius 1 is 0.482 bits per heavy atom.